The molecule has 1 aliphatic rings. The number of carbonyl (C=O) groups excluding carboxylic acids is 1. The Morgan fingerprint density at radius 3 is 3.17 bits per heavy atom. The van der Waals surface area contributed by atoms with Crippen molar-refractivity contribution < 1.29 is 14.3 Å². The summed E-state index contributed by atoms with van der Waals surface area (Å²) in [6.45, 7) is 1.30. The third-order valence-corrected chi connectivity index (χ3v) is 3.06. The third kappa shape index (κ3) is 3.11. The highest BCUT2D eigenvalue weighted by Crippen LogP contribution is 2.29. The topological polar surface area (TPSA) is 47.6 Å². The molecule has 0 bridgehead atoms. The Hall–Kier alpha value is -1.33. The Kier molecular flexibility index (Phi) is 4.38. The Balaban J connectivity index is 2.09. The van der Waals surface area contributed by atoms with Crippen LogP contribution in [0.25, 0.3) is 6.08 Å². The molecule has 1 amide bonds. The van der Waals surface area contributed by atoms with E-state index in [1.807, 2.05) is 24.3 Å². The van der Waals surface area contributed by atoms with E-state index in [0.717, 1.165) is 15.8 Å². The summed E-state index contributed by atoms with van der Waals surface area (Å²) in [6.07, 6.45) is 1.85. The van der Waals surface area contributed by atoms with E-state index in [-0.39, 0.29) is 5.91 Å². The molecule has 18 heavy (non-hydrogen) atoms. The summed E-state index contributed by atoms with van der Waals surface area (Å²) in [5.41, 5.74) is 1.53. The average Bonchev–Trinajstić information content (AvgIpc) is 2.38. The van der Waals surface area contributed by atoms with Crippen LogP contribution in [0.3, 0.4) is 0 Å². The van der Waals surface area contributed by atoms with Gasteiger partial charge in [0.1, 0.15) is 12.4 Å². The molecule has 1 aromatic rings. The lowest BCUT2D eigenvalue weighted by molar-refractivity contribution is -0.117. The van der Waals surface area contributed by atoms with Gasteiger partial charge in [0.15, 0.2) is 0 Å². The summed E-state index contributed by atoms with van der Waals surface area (Å²) in [4.78, 5) is 11.8. The van der Waals surface area contributed by atoms with E-state index in [0.29, 0.717) is 25.3 Å². The second-order valence-electron chi connectivity index (χ2n) is 3.89. The number of amides is 1. The van der Waals surface area contributed by atoms with Gasteiger partial charge in [0.05, 0.1) is 12.2 Å². The summed E-state index contributed by atoms with van der Waals surface area (Å²) < 4.78 is 11.4. The van der Waals surface area contributed by atoms with Crippen molar-refractivity contribution in [1.82, 2.24) is 5.32 Å². The average molecular weight is 312 g/mol. The van der Waals surface area contributed by atoms with Crippen molar-refractivity contribution in [2.45, 2.75) is 0 Å². The van der Waals surface area contributed by atoms with Crippen LogP contribution in [-0.4, -0.2) is 32.8 Å². The van der Waals surface area contributed by atoms with Crippen molar-refractivity contribution in [3.63, 3.8) is 0 Å². The minimum Gasteiger partial charge on any atom is -0.488 e. The smallest absolute Gasteiger partial charge is 0.250 e. The number of halogens is 1. The minimum atomic E-state index is -0.113. The lowest BCUT2D eigenvalue weighted by Crippen LogP contribution is -2.31. The molecule has 1 aromatic carbocycles. The predicted molar refractivity (Wildman–Crippen MR) is 72.5 cm³/mol. The highest BCUT2D eigenvalue weighted by atomic mass is 79.9. The van der Waals surface area contributed by atoms with E-state index in [9.17, 15) is 4.79 Å². The molecular formula is C13H14BrNO3. The van der Waals surface area contributed by atoms with E-state index in [4.69, 9.17) is 9.47 Å². The molecule has 96 valence electrons. The second kappa shape index (κ2) is 6.02. The first-order chi connectivity index (χ1) is 8.70. The summed E-state index contributed by atoms with van der Waals surface area (Å²) >= 11 is 3.40. The quantitative estimate of drug-likeness (QED) is 0.865. The Morgan fingerprint density at radius 2 is 2.39 bits per heavy atom. The fourth-order valence-corrected chi connectivity index (χ4v) is 2.04. The molecule has 0 saturated carbocycles. The molecule has 1 N–H and O–H groups in total. The Labute approximate surface area is 114 Å². The van der Waals surface area contributed by atoms with Crippen LogP contribution in [0.2, 0.25) is 0 Å². The van der Waals surface area contributed by atoms with Crippen molar-refractivity contribution in [3.8, 4) is 5.75 Å². The summed E-state index contributed by atoms with van der Waals surface area (Å²) in [7, 11) is 1.60. The van der Waals surface area contributed by atoms with Crippen LogP contribution >= 0.6 is 15.9 Å². The molecule has 1 heterocycles. The monoisotopic (exact) mass is 311 g/mol. The molecule has 0 saturated heterocycles. The summed E-state index contributed by atoms with van der Waals surface area (Å²) in [6, 6.07) is 5.72. The van der Waals surface area contributed by atoms with Gasteiger partial charge in [-0.3, -0.25) is 4.79 Å². The number of methoxy groups -OCH3 is 1. The van der Waals surface area contributed by atoms with Crippen LogP contribution in [0.15, 0.2) is 28.2 Å². The second-order valence-corrected chi connectivity index (χ2v) is 4.80. The van der Waals surface area contributed by atoms with Gasteiger partial charge in [-0.25, -0.2) is 0 Å². The summed E-state index contributed by atoms with van der Waals surface area (Å²) in [5, 5.41) is 2.77. The van der Waals surface area contributed by atoms with Crippen molar-refractivity contribution >= 4 is 27.9 Å². The molecule has 0 aromatic heterocycles. The molecule has 0 radical (unpaired) electrons. The molecule has 5 heteroatoms. The Morgan fingerprint density at radius 1 is 1.56 bits per heavy atom. The molecular weight excluding hydrogens is 298 g/mol. The van der Waals surface area contributed by atoms with Crippen molar-refractivity contribution in [3.05, 3.63) is 33.8 Å². The molecule has 2 rings (SSSR count). The highest BCUT2D eigenvalue weighted by Gasteiger charge is 2.16. The van der Waals surface area contributed by atoms with Gasteiger partial charge < -0.3 is 14.8 Å². The lowest BCUT2D eigenvalue weighted by atomic mass is 10.1. The first kappa shape index (κ1) is 13.1. The fourth-order valence-electron chi connectivity index (χ4n) is 1.66. The lowest BCUT2D eigenvalue weighted by Gasteiger charge is -2.17. The van der Waals surface area contributed by atoms with Crippen LogP contribution < -0.4 is 10.1 Å². The number of hydrogen-bond donors (Lipinski definition) is 1. The van der Waals surface area contributed by atoms with Crippen LogP contribution in [0.4, 0.5) is 0 Å². The van der Waals surface area contributed by atoms with E-state index in [2.05, 4.69) is 21.2 Å². The number of nitrogens with one attached hydrogen (secondary N) is 1. The van der Waals surface area contributed by atoms with E-state index >= 15 is 0 Å². The third-order valence-electron chi connectivity index (χ3n) is 2.57. The van der Waals surface area contributed by atoms with E-state index in [1.165, 1.54) is 0 Å². The van der Waals surface area contributed by atoms with Gasteiger partial charge in [-0.15, -0.1) is 0 Å². The van der Waals surface area contributed by atoms with Crippen molar-refractivity contribution in [1.29, 1.82) is 0 Å². The van der Waals surface area contributed by atoms with Gasteiger partial charge >= 0.3 is 0 Å². The summed E-state index contributed by atoms with van der Waals surface area (Å²) in [5.74, 6) is 0.685. The van der Waals surface area contributed by atoms with Gasteiger partial charge in [0.2, 0.25) is 0 Å². The van der Waals surface area contributed by atoms with Crippen molar-refractivity contribution in [2.24, 2.45) is 0 Å². The first-order valence-corrected chi connectivity index (χ1v) is 6.40. The van der Waals surface area contributed by atoms with Crippen LogP contribution in [0, 0.1) is 0 Å². The number of rotatable bonds is 4. The van der Waals surface area contributed by atoms with E-state index < -0.39 is 0 Å². The number of benzene rings is 1. The molecule has 0 unspecified atom stereocenters. The minimum absolute atomic E-state index is 0.113. The van der Waals surface area contributed by atoms with Gasteiger partial charge in [-0.1, -0.05) is 15.9 Å². The zero-order valence-electron chi connectivity index (χ0n) is 10.0. The van der Waals surface area contributed by atoms with Gasteiger partial charge in [0, 0.05) is 23.7 Å². The number of ether oxygens (including phenoxy) is 2. The number of fused-ring (bicyclic) bond motifs is 1. The van der Waals surface area contributed by atoms with Gasteiger partial charge in [0.25, 0.3) is 5.91 Å². The van der Waals surface area contributed by atoms with E-state index in [1.54, 1.807) is 7.11 Å². The molecule has 1 aliphatic heterocycles. The van der Waals surface area contributed by atoms with Crippen molar-refractivity contribution in [2.75, 3.05) is 26.9 Å². The number of carbonyl (C=O) groups is 1. The highest BCUT2D eigenvalue weighted by molar-refractivity contribution is 9.10. The standard InChI is InChI=1S/C13H14BrNO3/c1-17-5-4-15-13(16)10-6-9-7-11(14)2-3-12(9)18-8-10/h2-3,6-7H,4-5,8H2,1H3,(H,15,16). The largest absolute Gasteiger partial charge is 0.488 e. The maximum atomic E-state index is 11.8. The Bertz CT molecular complexity index is 485. The maximum absolute atomic E-state index is 11.8. The molecule has 0 fully saturated rings. The maximum Gasteiger partial charge on any atom is 0.250 e. The molecule has 0 aliphatic carbocycles. The normalized spacial score (nSPS) is 13.3. The van der Waals surface area contributed by atoms with Crippen LogP contribution in [0.5, 0.6) is 5.75 Å². The van der Waals surface area contributed by atoms with Crippen LogP contribution in [0.1, 0.15) is 5.56 Å². The fraction of sp³-hybridized carbons (Fsp3) is 0.308. The SMILES string of the molecule is COCCNC(=O)C1=Cc2cc(Br)ccc2OC1. The molecule has 4 nitrogen and oxygen atoms in total. The molecule has 0 spiro atoms. The van der Waals surface area contributed by atoms with Gasteiger partial charge in [-0.05, 0) is 24.3 Å². The number of hydrogen-bond acceptors (Lipinski definition) is 3. The zero-order chi connectivity index (χ0) is 13.0. The van der Waals surface area contributed by atoms with Crippen LogP contribution in [-0.2, 0) is 9.53 Å². The zero-order valence-corrected chi connectivity index (χ0v) is 11.6. The molecule has 0 atom stereocenters. The first-order valence-electron chi connectivity index (χ1n) is 5.61. The van der Waals surface area contributed by atoms with Gasteiger partial charge in [-0.2, -0.15) is 0 Å². The predicted octanol–water partition coefficient (Wildman–Crippen LogP) is 1.99.